The number of para-hydroxylation sites is 1. The Labute approximate surface area is 200 Å². The molecular formula is C25H24N6O2S. The van der Waals surface area contributed by atoms with Crippen molar-refractivity contribution in [2.75, 3.05) is 7.11 Å². The van der Waals surface area contributed by atoms with Gasteiger partial charge in [-0.2, -0.15) is 5.10 Å². The molecular weight excluding hydrogens is 448 g/mol. The highest BCUT2D eigenvalue weighted by Crippen LogP contribution is 2.30. The van der Waals surface area contributed by atoms with Gasteiger partial charge in [-0.3, -0.25) is 4.79 Å². The first-order valence-corrected chi connectivity index (χ1v) is 11.7. The summed E-state index contributed by atoms with van der Waals surface area (Å²) in [5.74, 6) is 1.15. The smallest absolute Gasteiger partial charge is 0.253 e. The van der Waals surface area contributed by atoms with E-state index >= 15 is 0 Å². The molecule has 1 amide bonds. The Morgan fingerprint density at radius 2 is 2.09 bits per heavy atom. The first-order valence-electron chi connectivity index (χ1n) is 10.8. The topological polar surface area (TPSA) is 86.9 Å². The van der Waals surface area contributed by atoms with Crippen molar-refractivity contribution in [2.45, 2.75) is 19.5 Å². The summed E-state index contributed by atoms with van der Waals surface area (Å²) in [6.07, 6.45) is 5.28. The van der Waals surface area contributed by atoms with Crippen LogP contribution < -0.4 is 10.1 Å². The standard InChI is InChI=1S/C25H24N6O2S/c1-16-13-19(20-14-27-31(23(20)28-16)15-17-7-6-12-34-17)25(32)29-22(24-26-10-11-30(24)2)18-8-4-5-9-21(18)33-3/h4-14,22H,15H2,1-3H3,(H,29,32). The molecule has 0 saturated heterocycles. The van der Waals surface area contributed by atoms with E-state index in [2.05, 4.69) is 26.4 Å². The number of ether oxygens (including phenoxy) is 1. The number of hydrogen-bond acceptors (Lipinski definition) is 6. The average molecular weight is 473 g/mol. The monoisotopic (exact) mass is 472 g/mol. The van der Waals surface area contributed by atoms with Gasteiger partial charge in [0.25, 0.3) is 5.91 Å². The number of aryl methyl sites for hydroxylation is 2. The van der Waals surface area contributed by atoms with Crippen molar-refractivity contribution in [1.29, 1.82) is 0 Å². The molecule has 0 spiro atoms. The number of methoxy groups -OCH3 is 1. The minimum Gasteiger partial charge on any atom is -0.496 e. The third kappa shape index (κ3) is 4.06. The molecule has 172 valence electrons. The Morgan fingerprint density at radius 1 is 1.24 bits per heavy atom. The van der Waals surface area contributed by atoms with Crippen LogP contribution in [0.5, 0.6) is 5.75 Å². The van der Waals surface area contributed by atoms with Gasteiger partial charge >= 0.3 is 0 Å². The Bertz CT molecular complexity index is 1450. The molecule has 0 aliphatic rings. The summed E-state index contributed by atoms with van der Waals surface area (Å²) in [5, 5.41) is 10.4. The van der Waals surface area contributed by atoms with Crippen molar-refractivity contribution < 1.29 is 9.53 Å². The Hall–Kier alpha value is -3.98. The van der Waals surface area contributed by atoms with Gasteiger partial charge in [-0.25, -0.2) is 14.6 Å². The van der Waals surface area contributed by atoms with Gasteiger partial charge in [-0.1, -0.05) is 24.3 Å². The van der Waals surface area contributed by atoms with Crippen LogP contribution in [0.25, 0.3) is 11.0 Å². The molecule has 0 fully saturated rings. The van der Waals surface area contributed by atoms with Gasteiger partial charge < -0.3 is 14.6 Å². The summed E-state index contributed by atoms with van der Waals surface area (Å²) in [6.45, 7) is 2.49. The van der Waals surface area contributed by atoms with Gasteiger partial charge in [0.15, 0.2) is 5.65 Å². The number of thiophene rings is 1. The molecule has 0 aliphatic heterocycles. The van der Waals surface area contributed by atoms with Crippen LogP contribution in [0.2, 0.25) is 0 Å². The number of pyridine rings is 1. The van der Waals surface area contributed by atoms with Crippen LogP contribution in [-0.4, -0.2) is 37.3 Å². The Kier molecular flexibility index (Phi) is 5.85. The number of fused-ring (bicyclic) bond motifs is 1. The number of imidazole rings is 1. The van der Waals surface area contributed by atoms with Crippen LogP contribution in [0, 0.1) is 6.92 Å². The molecule has 4 heterocycles. The maximum absolute atomic E-state index is 13.7. The SMILES string of the molecule is COc1ccccc1C(NC(=O)c1cc(C)nc2c1cnn2Cc1cccs1)c1nccn1C. The van der Waals surface area contributed by atoms with Gasteiger partial charge in [0.1, 0.15) is 17.6 Å². The molecule has 1 unspecified atom stereocenters. The summed E-state index contributed by atoms with van der Waals surface area (Å²) in [4.78, 5) is 24.0. The summed E-state index contributed by atoms with van der Waals surface area (Å²) in [6, 6.07) is 13.0. The number of benzene rings is 1. The highest BCUT2D eigenvalue weighted by molar-refractivity contribution is 7.09. The minimum atomic E-state index is -0.506. The first kappa shape index (κ1) is 21.8. The lowest BCUT2D eigenvalue weighted by molar-refractivity contribution is 0.0942. The van der Waals surface area contributed by atoms with Gasteiger partial charge in [0, 0.05) is 35.6 Å². The van der Waals surface area contributed by atoms with Crippen LogP contribution >= 0.6 is 11.3 Å². The minimum absolute atomic E-state index is 0.231. The highest BCUT2D eigenvalue weighted by Gasteiger charge is 2.26. The molecule has 8 nitrogen and oxygen atoms in total. The van der Waals surface area contributed by atoms with E-state index in [1.165, 1.54) is 4.88 Å². The van der Waals surface area contributed by atoms with E-state index < -0.39 is 6.04 Å². The third-order valence-electron chi connectivity index (χ3n) is 5.71. The third-order valence-corrected chi connectivity index (χ3v) is 6.57. The number of aromatic nitrogens is 5. The van der Waals surface area contributed by atoms with Gasteiger partial charge in [-0.15, -0.1) is 11.3 Å². The number of carbonyl (C=O) groups excluding carboxylic acids is 1. The van der Waals surface area contributed by atoms with Crippen molar-refractivity contribution in [2.24, 2.45) is 7.05 Å². The fourth-order valence-electron chi connectivity index (χ4n) is 4.08. The molecule has 1 aromatic carbocycles. The van der Waals surface area contributed by atoms with Crippen LogP contribution in [0.3, 0.4) is 0 Å². The van der Waals surface area contributed by atoms with E-state index in [1.807, 2.05) is 65.1 Å². The molecule has 0 saturated carbocycles. The van der Waals surface area contributed by atoms with E-state index in [4.69, 9.17) is 4.74 Å². The zero-order valence-corrected chi connectivity index (χ0v) is 19.9. The molecule has 0 radical (unpaired) electrons. The second kappa shape index (κ2) is 9.11. The summed E-state index contributed by atoms with van der Waals surface area (Å²) >= 11 is 1.66. The van der Waals surface area contributed by atoms with Crippen molar-refractivity contribution in [3.05, 3.63) is 94.0 Å². The molecule has 1 atom stereocenters. The number of nitrogens with one attached hydrogen (secondary N) is 1. The zero-order valence-electron chi connectivity index (χ0n) is 19.1. The summed E-state index contributed by atoms with van der Waals surface area (Å²) in [5.41, 5.74) is 2.78. The number of carbonyl (C=O) groups is 1. The van der Waals surface area contributed by atoms with Crippen LogP contribution in [0.15, 0.2) is 66.4 Å². The number of amides is 1. The molecule has 9 heteroatoms. The number of hydrogen-bond donors (Lipinski definition) is 1. The predicted molar refractivity (Wildman–Crippen MR) is 131 cm³/mol. The molecule has 0 bridgehead atoms. The Balaban J connectivity index is 1.55. The fourth-order valence-corrected chi connectivity index (χ4v) is 4.76. The molecule has 34 heavy (non-hydrogen) atoms. The second-order valence-electron chi connectivity index (χ2n) is 7.97. The van der Waals surface area contributed by atoms with Gasteiger partial charge in [0.05, 0.1) is 30.8 Å². The molecule has 5 aromatic rings. The lowest BCUT2D eigenvalue weighted by atomic mass is 10.0. The second-order valence-corrected chi connectivity index (χ2v) is 9.01. The maximum atomic E-state index is 13.7. The molecule has 1 N–H and O–H groups in total. The zero-order chi connectivity index (χ0) is 23.7. The Morgan fingerprint density at radius 3 is 2.82 bits per heavy atom. The van der Waals surface area contributed by atoms with Gasteiger partial charge in [-0.05, 0) is 30.5 Å². The molecule has 4 aromatic heterocycles. The van der Waals surface area contributed by atoms with Crippen molar-refractivity contribution >= 4 is 28.3 Å². The van der Waals surface area contributed by atoms with E-state index in [0.29, 0.717) is 34.7 Å². The predicted octanol–water partition coefficient (Wildman–Crippen LogP) is 4.11. The first-order chi connectivity index (χ1) is 16.5. The average Bonchev–Trinajstić information content (AvgIpc) is 3.60. The van der Waals surface area contributed by atoms with E-state index in [0.717, 1.165) is 11.3 Å². The van der Waals surface area contributed by atoms with Crippen molar-refractivity contribution in [3.8, 4) is 5.75 Å². The number of rotatable bonds is 7. The lowest BCUT2D eigenvalue weighted by Crippen LogP contribution is -2.31. The number of nitrogens with zero attached hydrogens (tertiary/aromatic N) is 5. The normalized spacial score (nSPS) is 12.1. The van der Waals surface area contributed by atoms with Crippen LogP contribution in [0.1, 0.15) is 38.4 Å². The van der Waals surface area contributed by atoms with Crippen LogP contribution in [-0.2, 0) is 13.6 Å². The van der Waals surface area contributed by atoms with Crippen molar-refractivity contribution in [3.63, 3.8) is 0 Å². The van der Waals surface area contributed by atoms with Crippen molar-refractivity contribution in [1.82, 2.24) is 29.6 Å². The lowest BCUT2D eigenvalue weighted by Gasteiger charge is -2.21. The summed E-state index contributed by atoms with van der Waals surface area (Å²) in [7, 11) is 3.52. The van der Waals surface area contributed by atoms with Gasteiger partial charge in [0.2, 0.25) is 0 Å². The largest absolute Gasteiger partial charge is 0.496 e. The quantitative estimate of drug-likeness (QED) is 0.385. The molecule has 0 aliphatic carbocycles. The fraction of sp³-hybridized carbons (Fsp3) is 0.200. The van der Waals surface area contributed by atoms with E-state index in [9.17, 15) is 4.79 Å². The van der Waals surface area contributed by atoms with Crippen LogP contribution in [0.4, 0.5) is 0 Å². The van der Waals surface area contributed by atoms with E-state index in [1.54, 1.807) is 36.9 Å². The molecule has 5 rings (SSSR count). The summed E-state index contributed by atoms with van der Waals surface area (Å²) < 4.78 is 9.31. The maximum Gasteiger partial charge on any atom is 0.253 e. The van der Waals surface area contributed by atoms with E-state index in [-0.39, 0.29) is 5.91 Å². The highest BCUT2D eigenvalue weighted by atomic mass is 32.1.